The SMILES string of the molecule is Cc1cccc(C=C[C@@H]2[C@H](O)CC(=O)[C@H]2CCCCCCC(=O)O)c1C. The Bertz CT molecular complexity index is 662. The minimum atomic E-state index is -0.754. The minimum absolute atomic E-state index is 0.120. The zero-order valence-electron chi connectivity index (χ0n) is 15.8. The Hall–Kier alpha value is -1.94. The molecule has 4 nitrogen and oxygen atoms in total. The van der Waals surface area contributed by atoms with Gasteiger partial charge in [0.05, 0.1) is 6.10 Å². The first-order valence-electron chi connectivity index (χ1n) is 9.57. The Morgan fingerprint density at radius 1 is 1.19 bits per heavy atom. The van der Waals surface area contributed by atoms with Gasteiger partial charge in [-0.3, -0.25) is 9.59 Å². The van der Waals surface area contributed by atoms with Crippen molar-refractivity contribution >= 4 is 17.8 Å². The summed E-state index contributed by atoms with van der Waals surface area (Å²) < 4.78 is 0. The molecule has 1 fully saturated rings. The second-order valence-corrected chi connectivity index (χ2v) is 7.42. The number of aryl methyl sites for hydroxylation is 1. The summed E-state index contributed by atoms with van der Waals surface area (Å²) in [6, 6.07) is 6.15. The maximum Gasteiger partial charge on any atom is 0.303 e. The van der Waals surface area contributed by atoms with E-state index in [0.29, 0.717) is 6.42 Å². The number of carboxylic acids is 1. The number of benzene rings is 1. The van der Waals surface area contributed by atoms with E-state index in [-0.39, 0.29) is 30.5 Å². The van der Waals surface area contributed by atoms with Crippen LogP contribution < -0.4 is 0 Å². The quantitative estimate of drug-likeness (QED) is 0.645. The third kappa shape index (κ3) is 5.53. The molecule has 142 valence electrons. The van der Waals surface area contributed by atoms with Crippen molar-refractivity contribution in [1.29, 1.82) is 0 Å². The highest BCUT2D eigenvalue weighted by Gasteiger charge is 2.39. The number of carboxylic acid groups (broad SMARTS) is 1. The lowest BCUT2D eigenvalue weighted by atomic mass is 9.88. The molecule has 0 bridgehead atoms. The highest BCUT2D eigenvalue weighted by atomic mass is 16.4. The fraction of sp³-hybridized carbons (Fsp3) is 0.545. The van der Waals surface area contributed by atoms with Crippen LogP contribution in [0, 0.1) is 25.7 Å². The summed E-state index contributed by atoms with van der Waals surface area (Å²) in [5.41, 5.74) is 3.58. The number of unbranched alkanes of at least 4 members (excludes halogenated alkanes) is 3. The molecule has 1 aliphatic carbocycles. The van der Waals surface area contributed by atoms with Crippen LogP contribution in [0.2, 0.25) is 0 Å². The first-order chi connectivity index (χ1) is 12.4. The lowest BCUT2D eigenvalue weighted by Crippen LogP contribution is -2.18. The second kappa shape index (κ2) is 9.67. The summed E-state index contributed by atoms with van der Waals surface area (Å²) in [6.07, 6.45) is 8.06. The van der Waals surface area contributed by atoms with Gasteiger partial charge in [0.15, 0.2) is 0 Å². The van der Waals surface area contributed by atoms with Crippen LogP contribution in [0.25, 0.3) is 6.08 Å². The number of rotatable bonds is 9. The number of hydrogen-bond donors (Lipinski definition) is 2. The first kappa shape index (κ1) is 20.4. The Kier molecular flexibility index (Phi) is 7.58. The number of aliphatic hydroxyl groups excluding tert-OH is 1. The molecule has 26 heavy (non-hydrogen) atoms. The maximum atomic E-state index is 12.3. The van der Waals surface area contributed by atoms with E-state index >= 15 is 0 Å². The molecular weight excluding hydrogens is 328 g/mol. The van der Waals surface area contributed by atoms with E-state index in [2.05, 4.69) is 26.0 Å². The number of aliphatic hydroxyl groups is 1. The molecule has 0 radical (unpaired) electrons. The fourth-order valence-corrected chi connectivity index (χ4v) is 3.76. The maximum absolute atomic E-state index is 12.3. The molecule has 0 spiro atoms. The summed E-state index contributed by atoms with van der Waals surface area (Å²) in [7, 11) is 0. The minimum Gasteiger partial charge on any atom is -0.481 e. The molecule has 1 saturated carbocycles. The van der Waals surface area contributed by atoms with Crippen molar-refractivity contribution in [2.45, 2.75) is 64.9 Å². The van der Waals surface area contributed by atoms with Crippen molar-refractivity contribution in [3.05, 3.63) is 41.0 Å². The van der Waals surface area contributed by atoms with Crippen LogP contribution in [0.1, 0.15) is 61.6 Å². The highest BCUT2D eigenvalue weighted by molar-refractivity contribution is 5.85. The standard InChI is InChI=1S/C22H30O4/c1-15-8-7-9-17(16(15)2)12-13-19-18(20(23)14-21(19)24)10-5-3-4-6-11-22(25)26/h7-9,12-13,18-19,21,24H,3-6,10-11,14H2,1-2H3,(H,25,26)/t18-,19-,21+/m0/s1. The van der Waals surface area contributed by atoms with Crippen molar-refractivity contribution in [3.8, 4) is 0 Å². The number of Topliss-reactive ketones (excluding diaryl/α,β-unsaturated/α-hetero) is 1. The third-order valence-electron chi connectivity index (χ3n) is 5.53. The Balaban J connectivity index is 1.92. The monoisotopic (exact) mass is 358 g/mol. The van der Waals surface area contributed by atoms with Gasteiger partial charge in [-0.05, 0) is 43.4 Å². The molecule has 0 unspecified atom stereocenters. The summed E-state index contributed by atoms with van der Waals surface area (Å²) in [6.45, 7) is 4.16. The molecular formula is C22H30O4. The number of hydrogen-bond acceptors (Lipinski definition) is 3. The van der Waals surface area contributed by atoms with Crippen molar-refractivity contribution in [2.75, 3.05) is 0 Å². The first-order valence-corrected chi connectivity index (χ1v) is 9.57. The Morgan fingerprint density at radius 2 is 1.92 bits per heavy atom. The van der Waals surface area contributed by atoms with Crippen LogP contribution in [0.5, 0.6) is 0 Å². The average Bonchev–Trinajstić information content (AvgIpc) is 2.85. The number of carbonyl (C=O) groups excluding carboxylic acids is 1. The van der Waals surface area contributed by atoms with Gasteiger partial charge in [0.1, 0.15) is 5.78 Å². The molecule has 3 atom stereocenters. The van der Waals surface area contributed by atoms with Gasteiger partial charge in [-0.1, -0.05) is 49.6 Å². The van der Waals surface area contributed by atoms with Gasteiger partial charge in [-0.25, -0.2) is 0 Å². The molecule has 0 heterocycles. The molecule has 0 aliphatic heterocycles. The van der Waals surface area contributed by atoms with E-state index in [0.717, 1.165) is 31.2 Å². The third-order valence-corrected chi connectivity index (χ3v) is 5.53. The van der Waals surface area contributed by atoms with Gasteiger partial charge >= 0.3 is 5.97 Å². The van der Waals surface area contributed by atoms with E-state index in [1.807, 2.05) is 18.2 Å². The predicted octanol–water partition coefficient (Wildman–Crippen LogP) is 4.31. The zero-order valence-corrected chi connectivity index (χ0v) is 15.8. The van der Waals surface area contributed by atoms with E-state index in [9.17, 15) is 14.7 Å². The second-order valence-electron chi connectivity index (χ2n) is 7.42. The molecule has 0 amide bonds. The summed E-state index contributed by atoms with van der Waals surface area (Å²) in [5.74, 6) is -0.846. The van der Waals surface area contributed by atoms with Crippen LogP contribution in [0.15, 0.2) is 24.3 Å². The molecule has 0 aromatic heterocycles. The largest absolute Gasteiger partial charge is 0.481 e. The van der Waals surface area contributed by atoms with Crippen LogP contribution in [0.3, 0.4) is 0 Å². The van der Waals surface area contributed by atoms with E-state index < -0.39 is 12.1 Å². The Labute approximate surface area is 155 Å². The molecule has 1 aromatic carbocycles. The fourth-order valence-electron chi connectivity index (χ4n) is 3.76. The predicted molar refractivity (Wildman–Crippen MR) is 103 cm³/mol. The summed E-state index contributed by atoms with van der Waals surface area (Å²) in [4.78, 5) is 22.8. The smallest absolute Gasteiger partial charge is 0.303 e. The van der Waals surface area contributed by atoms with Gasteiger partial charge in [0.25, 0.3) is 0 Å². The lowest BCUT2D eigenvalue weighted by Gasteiger charge is -2.17. The lowest BCUT2D eigenvalue weighted by molar-refractivity contribution is -0.137. The zero-order chi connectivity index (χ0) is 19.1. The van der Waals surface area contributed by atoms with Gasteiger partial charge in [-0.2, -0.15) is 0 Å². The molecule has 2 N–H and O–H groups in total. The molecule has 1 aromatic rings. The van der Waals surface area contributed by atoms with Crippen LogP contribution in [0.4, 0.5) is 0 Å². The van der Waals surface area contributed by atoms with E-state index in [1.54, 1.807) is 0 Å². The van der Waals surface area contributed by atoms with Gasteiger partial charge in [0.2, 0.25) is 0 Å². The molecule has 4 heteroatoms. The highest BCUT2D eigenvalue weighted by Crippen LogP contribution is 2.35. The normalized spacial score (nSPS) is 23.0. The van der Waals surface area contributed by atoms with Crippen molar-refractivity contribution in [3.63, 3.8) is 0 Å². The number of aliphatic carboxylic acids is 1. The van der Waals surface area contributed by atoms with E-state index in [1.165, 1.54) is 11.1 Å². The van der Waals surface area contributed by atoms with Crippen LogP contribution >= 0.6 is 0 Å². The van der Waals surface area contributed by atoms with Crippen LogP contribution in [-0.4, -0.2) is 28.1 Å². The molecule has 1 aliphatic rings. The van der Waals surface area contributed by atoms with Crippen molar-refractivity contribution in [2.24, 2.45) is 11.8 Å². The number of ketones is 1. The van der Waals surface area contributed by atoms with E-state index in [4.69, 9.17) is 5.11 Å². The topological polar surface area (TPSA) is 74.6 Å². The van der Waals surface area contributed by atoms with Gasteiger partial charge in [-0.15, -0.1) is 0 Å². The molecule has 2 rings (SSSR count). The summed E-state index contributed by atoms with van der Waals surface area (Å²) >= 11 is 0. The summed E-state index contributed by atoms with van der Waals surface area (Å²) in [5, 5.41) is 18.9. The van der Waals surface area contributed by atoms with Crippen molar-refractivity contribution < 1.29 is 19.8 Å². The van der Waals surface area contributed by atoms with Crippen molar-refractivity contribution in [1.82, 2.24) is 0 Å². The van der Waals surface area contributed by atoms with Gasteiger partial charge < -0.3 is 10.2 Å². The number of carbonyl (C=O) groups is 2. The Morgan fingerprint density at radius 3 is 2.65 bits per heavy atom. The van der Waals surface area contributed by atoms with Gasteiger partial charge in [0, 0.05) is 24.7 Å². The van der Waals surface area contributed by atoms with Crippen LogP contribution in [-0.2, 0) is 9.59 Å². The average molecular weight is 358 g/mol. The molecule has 0 saturated heterocycles.